The highest BCUT2D eigenvalue weighted by Crippen LogP contribution is 2.21. The molecule has 0 saturated carbocycles. The third kappa shape index (κ3) is 3.45. The molecule has 0 aliphatic carbocycles. The minimum atomic E-state index is 0.278. The van der Waals surface area contributed by atoms with E-state index < -0.39 is 0 Å². The monoisotopic (exact) mass is 254 g/mol. The Morgan fingerprint density at radius 1 is 1.33 bits per heavy atom. The van der Waals surface area contributed by atoms with Crippen LogP contribution in [0.25, 0.3) is 0 Å². The van der Waals surface area contributed by atoms with E-state index in [0.717, 1.165) is 32.4 Å². The fourth-order valence-corrected chi connectivity index (χ4v) is 2.93. The van der Waals surface area contributed by atoms with Crippen LogP contribution < -0.4 is 5.32 Å². The van der Waals surface area contributed by atoms with Crippen LogP contribution in [0.2, 0.25) is 0 Å². The zero-order valence-corrected chi connectivity index (χ0v) is 11.8. The van der Waals surface area contributed by atoms with Gasteiger partial charge in [-0.15, -0.1) is 0 Å². The smallest absolute Gasteiger partial charge is 0.222 e. The van der Waals surface area contributed by atoms with Crippen molar-refractivity contribution in [3.05, 3.63) is 0 Å². The second-order valence-corrected chi connectivity index (χ2v) is 6.05. The van der Waals surface area contributed by atoms with Crippen molar-refractivity contribution in [1.29, 1.82) is 0 Å². The number of carbonyl (C=O) groups is 1. The highest BCUT2D eigenvalue weighted by atomic mass is 16.5. The van der Waals surface area contributed by atoms with Gasteiger partial charge in [0.1, 0.15) is 0 Å². The molecule has 2 aliphatic heterocycles. The Bertz CT molecular complexity index is 294. The maximum Gasteiger partial charge on any atom is 0.222 e. The van der Waals surface area contributed by atoms with E-state index in [9.17, 15) is 4.79 Å². The molecule has 0 aromatic rings. The summed E-state index contributed by atoms with van der Waals surface area (Å²) in [7, 11) is 1.90. The first-order chi connectivity index (χ1) is 8.56. The van der Waals surface area contributed by atoms with Crippen LogP contribution in [0.1, 0.15) is 39.5 Å². The van der Waals surface area contributed by atoms with Gasteiger partial charge in [-0.05, 0) is 25.2 Å². The summed E-state index contributed by atoms with van der Waals surface area (Å²) < 4.78 is 5.79. The molecule has 104 valence electrons. The van der Waals surface area contributed by atoms with Gasteiger partial charge in [0, 0.05) is 38.7 Å². The number of carbonyl (C=O) groups excluding carboxylic acids is 1. The number of amides is 1. The van der Waals surface area contributed by atoms with E-state index in [2.05, 4.69) is 19.2 Å². The van der Waals surface area contributed by atoms with Crippen LogP contribution in [0, 0.1) is 5.92 Å². The Morgan fingerprint density at radius 3 is 2.78 bits per heavy atom. The lowest BCUT2D eigenvalue weighted by Crippen LogP contribution is -2.52. The van der Waals surface area contributed by atoms with Gasteiger partial charge in [0.25, 0.3) is 0 Å². The van der Waals surface area contributed by atoms with E-state index in [0.29, 0.717) is 30.5 Å². The number of nitrogens with one attached hydrogen (secondary N) is 1. The van der Waals surface area contributed by atoms with Gasteiger partial charge in [-0.2, -0.15) is 0 Å². The van der Waals surface area contributed by atoms with E-state index in [1.807, 2.05) is 11.9 Å². The SMILES string of the molecule is CC(C)C1CC(NC2CCC(=O)N(C)C2)CCO1. The molecule has 0 radical (unpaired) electrons. The molecule has 3 unspecified atom stereocenters. The molecule has 18 heavy (non-hydrogen) atoms. The average Bonchev–Trinajstić information content (AvgIpc) is 2.34. The predicted molar refractivity (Wildman–Crippen MR) is 71.4 cm³/mol. The molecule has 2 fully saturated rings. The van der Waals surface area contributed by atoms with Gasteiger partial charge in [0.05, 0.1) is 6.10 Å². The van der Waals surface area contributed by atoms with Crippen LogP contribution in [-0.2, 0) is 9.53 Å². The zero-order chi connectivity index (χ0) is 13.1. The highest BCUT2D eigenvalue weighted by molar-refractivity contribution is 5.76. The summed E-state index contributed by atoms with van der Waals surface area (Å²) in [6.07, 6.45) is 4.25. The van der Waals surface area contributed by atoms with E-state index in [1.54, 1.807) is 0 Å². The van der Waals surface area contributed by atoms with E-state index in [1.165, 1.54) is 0 Å². The van der Waals surface area contributed by atoms with Gasteiger partial charge in [-0.25, -0.2) is 0 Å². The number of piperidine rings is 1. The van der Waals surface area contributed by atoms with Gasteiger partial charge in [0.15, 0.2) is 0 Å². The predicted octanol–water partition coefficient (Wildman–Crippen LogP) is 1.40. The maximum absolute atomic E-state index is 11.5. The molecular formula is C14H26N2O2. The fraction of sp³-hybridized carbons (Fsp3) is 0.929. The summed E-state index contributed by atoms with van der Waals surface area (Å²) in [6, 6.07) is 1.02. The van der Waals surface area contributed by atoms with Crippen molar-refractivity contribution in [1.82, 2.24) is 10.2 Å². The number of hydrogen-bond acceptors (Lipinski definition) is 3. The Kier molecular flexibility index (Phi) is 4.62. The molecule has 2 aliphatic rings. The molecule has 1 amide bonds. The van der Waals surface area contributed by atoms with Crippen LogP contribution in [0.15, 0.2) is 0 Å². The summed E-state index contributed by atoms with van der Waals surface area (Å²) in [5.41, 5.74) is 0. The summed E-state index contributed by atoms with van der Waals surface area (Å²) >= 11 is 0. The molecule has 2 saturated heterocycles. The topological polar surface area (TPSA) is 41.6 Å². The molecule has 0 bridgehead atoms. The number of likely N-dealkylation sites (tertiary alicyclic amines) is 1. The van der Waals surface area contributed by atoms with Crippen LogP contribution >= 0.6 is 0 Å². The van der Waals surface area contributed by atoms with Crippen molar-refractivity contribution < 1.29 is 9.53 Å². The number of hydrogen-bond donors (Lipinski definition) is 1. The van der Waals surface area contributed by atoms with Crippen LogP contribution in [-0.4, -0.2) is 49.2 Å². The summed E-state index contributed by atoms with van der Waals surface area (Å²) in [5.74, 6) is 0.866. The minimum Gasteiger partial charge on any atom is -0.378 e. The lowest BCUT2D eigenvalue weighted by atomic mass is 9.94. The van der Waals surface area contributed by atoms with E-state index >= 15 is 0 Å². The average molecular weight is 254 g/mol. The van der Waals surface area contributed by atoms with Crippen LogP contribution in [0.5, 0.6) is 0 Å². The maximum atomic E-state index is 11.5. The Labute approximate surface area is 110 Å². The first-order valence-corrected chi connectivity index (χ1v) is 7.18. The largest absolute Gasteiger partial charge is 0.378 e. The quantitative estimate of drug-likeness (QED) is 0.828. The van der Waals surface area contributed by atoms with Crippen molar-refractivity contribution in [2.24, 2.45) is 5.92 Å². The molecule has 4 heteroatoms. The second kappa shape index (κ2) is 6.02. The molecule has 0 aromatic heterocycles. The second-order valence-electron chi connectivity index (χ2n) is 6.05. The third-order valence-corrected chi connectivity index (χ3v) is 4.16. The lowest BCUT2D eigenvalue weighted by Gasteiger charge is -2.37. The van der Waals surface area contributed by atoms with Crippen molar-refractivity contribution in [3.63, 3.8) is 0 Å². The summed E-state index contributed by atoms with van der Waals surface area (Å²) in [6.45, 7) is 6.16. The molecule has 2 heterocycles. The van der Waals surface area contributed by atoms with E-state index in [4.69, 9.17) is 4.74 Å². The van der Waals surface area contributed by atoms with Gasteiger partial charge >= 0.3 is 0 Å². The van der Waals surface area contributed by atoms with Crippen molar-refractivity contribution in [2.75, 3.05) is 20.2 Å². The Morgan fingerprint density at radius 2 is 2.11 bits per heavy atom. The Hall–Kier alpha value is -0.610. The molecule has 1 N–H and O–H groups in total. The Balaban J connectivity index is 1.80. The summed E-state index contributed by atoms with van der Waals surface area (Å²) in [4.78, 5) is 13.3. The van der Waals surface area contributed by atoms with Gasteiger partial charge in [-0.1, -0.05) is 13.8 Å². The minimum absolute atomic E-state index is 0.278. The first-order valence-electron chi connectivity index (χ1n) is 7.18. The van der Waals surface area contributed by atoms with Gasteiger partial charge in [-0.3, -0.25) is 4.79 Å². The molecule has 2 rings (SSSR count). The molecule has 3 atom stereocenters. The van der Waals surface area contributed by atoms with Crippen molar-refractivity contribution >= 4 is 5.91 Å². The summed E-state index contributed by atoms with van der Waals surface area (Å²) in [5, 5.41) is 3.72. The van der Waals surface area contributed by atoms with Gasteiger partial charge in [0.2, 0.25) is 5.91 Å². The van der Waals surface area contributed by atoms with Crippen LogP contribution in [0.4, 0.5) is 0 Å². The third-order valence-electron chi connectivity index (χ3n) is 4.16. The van der Waals surface area contributed by atoms with E-state index in [-0.39, 0.29) is 5.91 Å². The van der Waals surface area contributed by atoms with Crippen LogP contribution in [0.3, 0.4) is 0 Å². The molecule has 0 aromatic carbocycles. The van der Waals surface area contributed by atoms with Crippen molar-refractivity contribution in [2.45, 2.75) is 57.7 Å². The number of ether oxygens (including phenoxy) is 1. The standard InChI is InChI=1S/C14H26N2O2/c1-10(2)13-8-11(6-7-18-13)15-12-4-5-14(17)16(3)9-12/h10-13,15H,4-9H2,1-3H3. The van der Waals surface area contributed by atoms with Crippen molar-refractivity contribution in [3.8, 4) is 0 Å². The fourth-order valence-electron chi connectivity index (χ4n) is 2.93. The number of nitrogens with zero attached hydrogens (tertiary/aromatic N) is 1. The lowest BCUT2D eigenvalue weighted by molar-refractivity contribution is -0.132. The normalized spacial score (nSPS) is 34.1. The molecule has 0 spiro atoms. The molecular weight excluding hydrogens is 228 g/mol. The van der Waals surface area contributed by atoms with Gasteiger partial charge < -0.3 is 15.0 Å². The molecule has 4 nitrogen and oxygen atoms in total. The highest BCUT2D eigenvalue weighted by Gasteiger charge is 2.29. The number of likely N-dealkylation sites (N-methyl/N-ethyl adjacent to an activating group) is 1. The number of rotatable bonds is 3. The zero-order valence-electron chi connectivity index (χ0n) is 11.8. The first kappa shape index (κ1) is 13.8.